The van der Waals surface area contributed by atoms with Crippen molar-refractivity contribution in [3.05, 3.63) is 71.2 Å². The number of carbonyl (C=O) groups excluding carboxylic acids is 1. The second-order valence-corrected chi connectivity index (χ2v) is 9.21. The molecule has 8 nitrogen and oxygen atoms in total. The number of nitrogens with zero attached hydrogens (tertiary/aromatic N) is 3. The number of aromatic nitrogens is 2. The van der Waals surface area contributed by atoms with Gasteiger partial charge in [0, 0.05) is 6.54 Å². The van der Waals surface area contributed by atoms with Gasteiger partial charge in [-0.05, 0) is 49.2 Å². The first-order valence-electron chi connectivity index (χ1n) is 9.92. The van der Waals surface area contributed by atoms with Crippen molar-refractivity contribution in [2.24, 2.45) is 0 Å². The molecule has 32 heavy (non-hydrogen) atoms. The number of rotatable bonds is 8. The fraction of sp³-hybridized carbons (Fsp3) is 0.227. The minimum Gasteiger partial charge on any atom is -0.382 e. The number of aryl methyl sites for hydroxylation is 1. The van der Waals surface area contributed by atoms with Crippen LogP contribution in [0.25, 0.3) is 5.69 Å². The third kappa shape index (κ3) is 4.78. The number of amides is 1. The van der Waals surface area contributed by atoms with Crippen LogP contribution < -0.4 is 11.1 Å². The first kappa shape index (κ1) is 23.0. The summed E-state index contributed by atoms with van der Waals surface area (Å²) in [7, 11) is -3.53. The molecule has 0 bridgehead atoms. The minimum atomic E-state index is -3.53. The number of nitrogens with two attached hydrogens (primary N) is 1. The second kappa shape index (κ2) is 9.62. The predicted octanol–water partition coefficient (Wildman–Crippen LogP) is 2.62. The Morgan fingerprint density at radius 2 is 1.91 bits per heavy atom. The summed E-state index contributed by atoms with van der Waals surface area (Å²) in [6.45, 7) is 1.76. The lowest BCUT2D eigenvalue weighted by atomic mass is 10.1. The van der Waals surface area contributed by atoms with E-state index in [9.17, 15) is 22.9 Å². The molecule has 2 aromatic carbocycles. The van der Waals surface area contributed by atoms with Crippen molar-refractivity contribution in [3.8, 4) is 11.8 Å². The Morgan fingerprint density at radius 3 is 2.56 bits per heavy atom. The average Bonchev–Trinajstić information content (AvgIpc) is 3.12. The van der Waals surface area contributed by atoms with Crippen LogP contribution in [0, 0.1) is 17.1 Å². The fourth-order valence-corrected chi connectivity index (χ4v) is 4.28. The van der Waals surface area contributed by atoms with Gasteiger partial charge in [-0.2, -0.15) is 10.4 Å². The number of hydrogen-bond donors (Lipinski definition) is 2. The van der Waals surface area contributed by atoms with Gasteiger partial charge in [0.15, 0.2) is 9.84 Å². The van der Waals surface area contributed by atoms with Crippen molar-refractivity contribution < 1.29 is 17.6 Å². The van der Waals surface area contributed by atoms with E-state index in [0.717, 1.165) is 0 Å². The van der Waals surface area contributed by atoms with Crippen molar-refractivity contribution in [1.29, 1.82) is 5.26 Å². The van der Waals surface area contributed by atoms with Gasteiger partial charge >= 0.3 is 0 Å². The molecule has 0 aliphatic carbocycles. The van der Waals surface area contributed by atoms with Crippen LogP contribution in [-0.2, 0) is 16.3 Å². The van der Waals surface area contributed by atoms with Crippen molar-refractivity contribution in [3.63, 3.8) is 0 Å². The molecule has 3 rings (SSSR count). The highest BCUT2D eigenvalue weighted by Crippen LogP contribution is 2.22. The largest absolute Gasteiger partial charge is 0.382 e. The molecular formula is C22H22FN5O3S. The number of nitrogen functional groups attached to an aromatic ring is 1. The summed E-state index contributed by atoms with van der Waals surface area (Å²) in [5, 5.41) is 16.5. The van der Waals surface area contributed by atoms with E-state index in [-0.39, 0.29) is 34.1 Å². The summed E-state index contributed by atoms with van der Waals surface area (Å²) >= 11 is 0. The number of benzene rings is 2. The Kier molecular flexibility index (Phi) is 6.90. The van der Waals surface area contributed by atoms with Crippen molar-refractivity contribution >= 4 is 21.6 Å². The zero-order valence-electron chi connectivity index (χ0n) is 17.4. The summed E-state index contributed by atoms with van der Waals surface area (Å²) < 4.78 is 39.0. The van der Waals surface area contributed by atoms with E-state index in [1.165, 1.54) is 48.0 Å². The molecule has 0 fully saturated rings. The molecule has 0 atom stereocenters. The lowest BCUT2D eigenvalue weighted by Gasteiger charge is -2.09. The highest BCUT2D eigenvalue weighted by atomic mass is 32.2. The molecule has 0 unspecified atom stereocenters. The number of carbonyl (C=O) groups is 1. The molecule has 0 spiro atoms. The van der Waals surface area contributed by atoms with Gasteiger partial charge in [0.2, 0.25) is 0 Å². The summed E-state index contributed by atoms with van der Waals surface area (Å²) in [4.78, 5) is 12.5. The van der Waals surface area contributed by atoms with Gasteiger partial charge in [-0.15, -0.1) is 0 Å². The van der Waals surface area contributed by atoms with Crippen LogP contribution in [0.3, 0.4) is 0 Å². The molecule has 1 heterocycles. The Balaban J connectivity index is 1.68. The van der Waals surface area contributed by atoms with Gasteiger partial charge in [0.25, 0.3) is 5.91 Å². The fourth-order valence-electron chi connectivity index (χ4n) is 3.19. The first-order valence-corrected chi connectivity index (χ1v) is 11.6. The van der Waals surface area contributed by atoms with Crippen molar-refractivity contribution in [2.75, 3.05) is 18.0 Å². The molecule has 10 heteroatoms. The maximum absolute atomic E-state index is 13.2. The van der Waals surface area contributed by atoms with E-state index in [4.69, 9.17) is 5.73 Å². The molecule has 166 valence electrons. The number of anilines is 1. The van der Waals surface area contributed by atoms with Crippen LogP contribution >= 0.6 is 0 Å². The topological polar surface area (TPSA) is 131 Å². The molecule has 3 N–H and O–H groups in total. The summed E-state index contributed by atoms with van der Waals surface area (Å²) in [6, 6.07) is 13.7. The van der Waals surface area contributed by atoms with E-state index in [1.54, 1.807) is 12.1 Å². The van der Waals surface area contributed by atoms with Crippen LogP contribution in [0.4, 0.5) is 10.2 Å². The van der Waals surface area contributed by atoms with Gasteiger partial charge in [0.05, 0.1) is 27.6 Å². The smallest absolute Gasteiger partial charge is 0.252 e. The Morgan fingerprint density at radius 1 is 1.22 bits per heavy atom. The molecule has 0 saturated carbocycles. The van der Waals surface area contributed by atoms with E-state index >= 15 is 0 Å². The van der Waals surface area contributed by atoms with E-state index in [2.05, 4.69) is 10.4 Å². The molecule has 1 amide bonds. The molecular weight excluding hydrogens is 433 g/mol. The second-order valence-electron chi connectivity index (χ2n) is 6.97. The standard InChI is InChI=1S/C22H22FN5O3S/c1-2-32(30,31)20-8-4-3-6-17(20)22(29)26-13-5-7-19-18(14-24)21(25)28(27-19)16-11-9-15(23)10-12-16/h3-4,6,8-12H,2,5,7,13,25H2,1H3,(H,26,29). The number of nitriles is 1. The van der Waals surface area contributed by atoms with Crippen LogP contribution in [0.1, 0.15) is 35.0 Å². The highest BCUT2D eigenvalue weighted by Gasteiger charge is 2.20. The normalized spacial score (nSPS) is 11.2. The Labute approximate surface area is 185 Å². The maximum atomic E-state index is 13.2. The monoisotopic (exact) mass is 455 g/mol. The lowest BCUT2D eigenvalue weighted by Crippen LogP contribution is -2.26. The maximum Gasteiger partial charge on any atom is 0.252 e. The van der Waals surface area contributed by atoms with E-state index in [0.29, 0.717) is 24.2 Å². The summed E-state index contributed by atoms with van der Waals surface area (Å²) in [6.07, 6.45) is 0.805. The van der Waals surface area contributed by atoms with Gasteiger partial charge in [0.1, 0.15) is 23.3 Å². The third-order valence-electron chi connectivity index (χ3n) is 4.90. The molecule has 1 aromatic heterocycles. The van der Waals surface area contributed by atoms with Crippen LogP contribution in [0.5, 0.6) is 0 Å². The quantitative estimate of drug-likeness (QED) is 0.502. The Hall–Kier alpha value is -3.71. The average molecular weight is 456 g/mol. The SMILES string of the molecule is CCS(=O)(=O)c1ccccc1C(=O)NCCCc1nn(-c2ccc(F)cc2)c(N)c1C#N. The number of halogens is 1. The van der Waals surface area contributed by atoms with Gasteiger partial charge in [-0.25, -0.2) is 17.5 Å². The van der Waals surface area contributed by atoms with Crippen LogP contribution in [0.2, 0.25) is 0 Å². The van der Waals surface area contributed by atoms with Crippen molar-refractivity contribution in [2.45, 2.75) is 24.7 Å². The van der Waals surface area contributed by atoms with Gasteiger partial charge < -0.3 is 11.1 Å². The van der Waals surface area contributed by atoms with Crippen LogP contribution in [0.15, 0.2) is 53.4 Å². The lowest BCUT2D eigenvalue weighted by molar-refractivity contribution is 0.0950. The van der Waals surface area contributed by atoms with Gasteiger partial charge in [-0.3, -0.25) is 4.79 Å². The van der Waals surface area contributed by atoms with Crippen LogP contribution in [-0.4, -0.2) is 36.4 Å². The van der Waals surface area contributed by atoms with Gasteiger partial charge in [-0.1, -0.05) is 19.1 Å². The minimum absolute atomic E-state index is 0.00224. The zero-order chi connectivity index (χ0) is 23.3. The molecule has 0 aliphatic heterocycles. The molecule has 0 saturated heterocycles. The Bertz CT molecular complexity index is 1280. The summed E-state index contributed by atoms with van der Waals surface area (Å²) in [5.41, 5.74) is 7.34. The third-order valence-corrected chi connectivity index (χ3v) is 6.69. The molecule has 0 aliphatic rings. The first-order chi connectivity index (χ1) is 15.3. The predicted molar refractivity (Wildman–Crippen MR) is 117 cm³/mol. The van der Waals surface area contributed by atoms with E-state index < -0.39 is 21.6 Å². The van der Waals surface area contributed by atoms with E-state index in [1.807, 2.05) is 6.07 Å². The number of hydrogen-bond acceptors (Lipinski definition) is 6. The number of nitrogens with one attached hydrogen (secondary N) is 1. The molecule has 0 radical (unpaired) electrons. The highest BCUT2D eigenvalue weighted by molar-refractivity contribution is 7.91. The number of sulfone groups is 1. The van der Waals surface area contributed by atoms with Crippen molar-refractivity contribution in [1.82, 2.24) is 15.1 Å². The molecule has 3 aromatic rings. The zero-order valence-corrected chi connectivity index (χ0v) is 18.2. The summed E-state index contributed by atoms with van der Waals surface area (Å²) in [5.74, 6) is -0.845.